The maximum atomic E-state index is 12.9. The molecule has 1 amide bonds. The van der Waals surface area contributed by atoms with E-state index in [1.165, 1.54) is 0 Å². The van der Waals surface area contributed by atoms with Crippen molar-refractivity contribution < 1.29 is 9.59 Å². The van der Waals surface area contributed by atoms with E-state index in [2.05, 4.69) is 10.4 Å². The second kappa shape index (κ2) is 7.76. The van der Waals surface area contributed by atoms with E-state index in [0.29, 0.717) is 21.7 Å². The number of aromatic nitrogens is 2. The molecule has 0 radical (unpaired) electrons. The predicted molar refractivity (Wildman–Crippen MR) is 105 cm³/mol. The van der Waals surface area contributed by atoms with Crippen LogP contribution >= 0.6 is 11.6 Å². The van der Waals surface area contributed by atoms with Crippen molar-refractivity contribution in [2.75, 3.05) is 0 Å². The highest BCUT2D eigenvalue weighted by Gasteiger charge is 2.21. The van der Waals surface area contributed by atoms with Crippen LogP contribution in [-0.2, 0) is 7.05 Å². The molecule has 0 aliphatic heterocycles. The SMILES string of the molecule is Cc1c(C(C)NC(=O)c2ccccc2C(=O)c2ccc(Cl)cc2)cnn1C. The van der Waals surface area contributed by atoms with E-state index in [1.54, 1.807) is 59.4 Å². The Kier molecular flexibility index (Phi) is 5.42. The van der Waals surface area contributed by atoms with Gasteiger partial charge in [0.15, 0.2) is 5.78 Å². The summed E-state index contributed by atoms with van der Waals surface area (Å²) in [4.78, 5) is 25.7. The van der Waals surface area contributed by atoms with Crippen molar-refractivity contribution in [3.8, 4) is 0 Å². The lowest BCUT2D eigenvalue weighted by Crippen LogP contribution is -2.28. The number of rotatable bonds is 5. The van der Waals surface area contributed by atoms with E-state index in [4.69, 9.17) is 11.6 Å². The predicted octanol–water partition coefficient (Wildman–Crippen LogP) is 4.10. The van der Waals surface area contributed by atoms with Gasteiger partial charge in [-0.25, -0.2) is 0 Å². The number of aryl methyl sites for hydroxylation is 1. The minimum atomic E-state index is -0.302. The number of carbonyl (C=O) groups excluding carboxylic acids is 2. The Hall–Kier alpha value is -2.92. The van der Waals surface area contributed by atoms with Gasteiger partial charge in [-0.1, -0.05) is 29.8 Å². The fourth-order valence-electron chi connectivity index (χ4n) is 2.93. The lowest BCUT2D eigenvalue weighted by Gasteiger charge is -2.15. The maximum Gasteiger partial charge on any atom is 0.252 e. The Balaban J connectivity index is 1.86. The minimum absolute atomic E-state index is 0.220. The first-order valence-electron chi connectivity index (χ1n) is 8.57. The molecule has 3 aromatic rings. The first kappa shape index (κ1) is 18.9. The van der Waals surface area contributed by atoms with Gasteiger partial charge in [-0.15, -0.1) is 0 Å². The lowest BCUT2D eigenvalue weighted by atomic mass is 9.97. The topological polar surface area (TPSA) is 64.0 Å². The van der Waals surface area contributed by atoms with Crippen LogP contribution in [0, 0.1) is 6.92 Å². The molecule has 0 aliphatic rings. The van der Waals surface area contributed by atoms with Crippen LogP contribution < -0.4 is 5.32 Å². The lowest BCUT2D eigenvalue weighted by molar-refractivity contribution is 0.0929. The number of nitrogens with one attached hydrogen (secondary N) is 1. The molecule has 0 aliphatic carbocycles. The van der Waals surface area contributed by atoms with Crippen LogP contribution in [0.5, 0.6) is 0 Å². The third kappa shape index (κ3) is 3.93. The molecule has 1 aromatic heterocycles. The number of ketones is 1. The molecule has 1 unspecified atom stereocenters. The second-order valence-corrected chi connectivity index (χ2v) is 6.82. The van der Waals surface area contributed by atoms with Gasteiger partial charge in [0.05, 0.1) is 17.8 Å². The van der Waals surface area contributed by atoms with E-state index < -0.39 is 0 Å². The maximum absolute atomic E-state index is 12.9. The highest BCUT2D eigenvalue weighted by molar-refractivity contribution is 6.30. The molecule has 1 atom stereocenters. The van der Waals surface area contributed by atoms with Gasteiger partial charge >= 0.3 is 0 Å². The Bertz CT molecular complexity index is 993. The highest BCUT2D eigenvalue weighted by atomic mass is 35.5. The van der Waals surface area contributed by atoms with E-state index in [-0.39, 0.29) is 17.7 Å². The first-order chi connectivity index (χ1) is 12.9. The van der Waals surface area contributed by atoms with Gasteiger partial charge in [-0.2, -0.15) is 5.10 Å². The second-order valence-electron chi connectivity index (χ2n) is 6.39. The number of hydrogen-bond donors (Lipinski definition) is 1. The molecule has 6 heteroatoms. The van der Waals surface area contributed by atoms with Crippen molar-refractivity contribution in [2.45, 2.75) is 19.9 Å². The van der Waals surface area contributed by atoms with Crippen molar-refractivity contribution in [1.29, 1.82) is 0 Å². The number of carbonyl (C=O) groups is 2. The van der Waals surface area contributed by atoms with Crippen molar-refractivity contribution in [1.82, 2.24) is 15.1 Å². The molecule has 3 rings (SSSR count). The summed E-state index contributed by atoms with van der Waals surface area (Å²) in [5, 5.41) is 7.72. The molecule has 1 heterocycles. The standard InChI is InChI=1S/C21H20ClN3O2/c1-13(19-12-23-25(3)14(19)2)24-21(27)18-7-5-4-6-17(18)20(26)15-8-10-16(22)11-9-15/h4-13H,1-3H3,(H,24,27). The van der Waals surface area contributed by atoms with E-state index in [1.807, 2.05) is 20.9 Å². The number of halogens is 1. The summed E-state index contributed by atoms with van der Waals surface area (Å²) in [6.45, 7) is 3.84. The Labute approximate surface area is 163 Å². The minimum Gasteiger partial charge on any atom is -0.345 e. The third-order valence-corrected chi connectivity index (χ3v) is 4.86. The van der Waals surface area contributed by atoms with E-state index in [9.17, 15) is 9.59 Å². The summed E-state index contributed by atoms with van der Waals surface area (Å²) in [7, 11) is 1.85. The number of benzene rings is 2. The van der Waals surface area contributed by atoms with Crippen LogP contribution in [-0.4, -0.2) is 21.5 Å². The molecular formula is C21H20ClN3O2. The fourth-order valence-corrected chi connectivity index (χ4v) is 3.05. The van der Waals surface area contributed by atoms with Gasteiger partial charge in [0, 0.05) is 34.5 Å². The van der Waals surface area contributed by atoms with Gasteiger partial charge in [-0.3, -0.25) is 14.3 Å². The van der Waals surface area contributed by atoms with Crippen LogP contribution in [0.3, 0.4) is 0 Å². The molecule has 0 fully saturated rings. The summed E-state index contributed by atoms with van der Waals surface area (Å²) in [5.74, 6) is -0.522. The van der Waals surface area contributed by atoms with Gasteiger partial charge < -0.3 is 5.32 Å². The Morgan fingerprint density at radius 1 is 1.07 bits per heavy atom. The molecule has 5 nitrogen and oxygen atoms in total. The first-order valence-corrected chi connectivity index (χ1v) is 8.95. The Morgan fingerprint density at radius 3 is 2.30 bits per heavy atom. The zero-order valence-corrected chi connectivity index (χ0v) is 16.1. The molecule has 0 saturated heterocycles. The van der Waals surface area contributed by atoms with Crippen LogP contribution in [0.1, 0.15) is 50.5 Å². The zero-order valence-electron chi connectivity index (χ0n) is 15.4. The zero-order chi connectivity index (χ0) is 19.6. The molecular weight excluding hydrogens is 362 g/mol. The fraction of sp³-hybridized carbons (Fsp3) is 0.190. The van der Waals surface area contributed by atoms with Crippen LogP contribution in [0.4, 0.5) is 0 Å². The van der Waals surface area contributed by atoms with E-state index >= 15 is 0 Å². The Morgan fingerprint density at radius 2 is 1.70 bits per heavy atom. The van der Waals surface area contributed by atoms with Gasteiger partial charge in [0.25, 0.3) is 5.91 Å². The molecule has 27 heavy (non-hydrogen) atoms. The van der Waals surface area contributed by atoms with Gasteiger partial charge in [-0.05, 0) is 44.2 Å². The molecule has 0 spiro atoms. The quantitative estimate of drug-likeness (QED) is 0.676. The number of nitrogens with zero attached hydrogens (tertiary/aromatic N) is 2. The molecule has 2 aromatic carbocycles. The van der Waals surface area contributed by atoms with Crippen molar-refractivity contribution >= 4 is 23.3 Å². The summed E-state index contributed by atoms with van der Waals surface area (Å²) >= 11 is 5.89. The number of hydrogen-bond acceptors (Lipinski definition) is 3. The monoisotopic (exact) mass is 381 g/mol. The average molecular weight is 382 g/mol. The van der Waals surface area contributed by atoms with Crippen LogP contribution in [0.25, 0.3) is 0 Å². The normalized spacial score (nSPS) is 11.9. The number of amides is 1. The van der Waals surface area contributed by atoms with Crippen molar-refractivity contribution in [3.63, 3.8) is 0 Å². The molecule has 0 bridgehead atoms. The van der Waals surface area contributed by atoms with Gasteiger partial charge in [0.2, 0.25) is 0 Å². The van der Waals surface area contributed by atoms with E-state index in [0.717, 1.165) is 11.3 Å². The van der Waals surface area contributed by atoms with Crippen molar-refractivity contribution in [2.24, 2.45) is 7.05 Å². The molecule has 0 saturated carbocycles. The van der Waals surface area contributed by atoms with Gasteiger partial charge in [0.1, 0.15) is 0 Å². The summed E-state index contributed by atoms with van der Waals surface area (Å²) in [5.41, 5.74) is 3.09. The van der Waals surface area contributed by atoms with Crippen LogP contribution in [0.2, 0.25) is 5.02 Å². The summed E-state index contributed by atoms with van der Waals surface area (Å²) in [6, 6.07) is 13.2. The molecule has 1 N–H and O–H groups in total. The summed E-state index contributed by atoms with van der Waals surface area (Å²) < 4.78 is 1.76. The largest absolute Gasteiger partial charge is 0.345 e. The average Bonchev–Trinajstić information content (AvgIpc) is 3.00. The summed E-state index contributed by atoms with van der Waals surface area (Å²) in [6.07, 6.45) is 1.74. The highest BCUT2D eigenvalue weighted by Crippen LogP contribution is 2.20. The smallest absolute Gasteiger partial charge is 0.252 e. The third-order valence-electron chi connectivity index (χ3n) is 4.61. The molecule has 138 valence electrons. The van der Waals surface area contributed by atoms with Crippen molar-refractivity contribution in [3.05, 3.63) is 87.7 Å². The van der Waals surface area contributed by atoms with Crippen LogP contribution in [0.15, 0.2) is 54.7 Å².